The molecular weight excluding hydrogens is 346 g/mol. The van der Waals surface area contributed by atoms with E-state index in [0.717, 1.165) is 4.90 Å². The third-order valence-electron chi connectivity index (χ3n) is 4.51. The number of carbonyl (C=O) groups excluding carboxylic acids is 2. The van der Waals surface area contributed by atoms with E-state index in [1.807, 2.05) is 0 Å². The Bertz CT molecular complexity index is 950. The zero-order valence-corrected chi connectivity index (χ0v) is 15.3. The van der Waals surface area contributed by atoms with Crippen LogP contribution in [0.1, 0.15) is 44.1 Å². The molecule has 0 spiro atoms. The average Bonchev–Trinajstić information content (AvgIpc) is 2.73. The lowest BCUT2D eigenvalue weighted by molar-refractivity contribution is -0.164. The molecule has 2 saturated heterocycles. The van der Waals surface area contributed by atoms with Crippen LogP contribution in [0.5, 0.6) is 0 Å². The highest BCUT2D eigenvalue weighted by molar-refractivity contribution is 6.00. The van der Waals surface area contributed by atoms with Crippen molar-refractivity contribution in [1.82, 2.24) is 19.8 Å². The fourth-order valence-corrected chi connectivity index (χ4v) is 2.86. The number of aromatic nitrogens is 2. The van der Waals surface area contributed by atoms with E-state index in [0.29, 0.717) is 4.90 Å². The van der Waals surface area contributed by atoms with Crippen molar-refractivity contribution in [3.63, 3.8) is 0 Å². The Labute approximate surface area is 171 Å². The lowest BCUT2D eigenvalue weighted by Gasteiger charge is -2.39. The lowest BCUT2D eigenvalue weighted by Crippen LogP contribution is -2.55. The topological polar surface area (TPSA) is 89.9 Å². The number of rotatable bonds is 6. The molecule has 8 heteroatoms. The number of amides is 2. The van der Waals surface area contributed by atoms with Gasteiger partial charge in [0.15, 0.2) is 0 Å². The largest absolute Gasteiger partial charge is 0.383 e. The van der Waals surface area contributed by atoms with Gasteiger partial charge in [-0.1, -0.05) is 13.8 Å². The van der Waals surface area contributed by atoms with Gasteiger partial charge in [0.05, 0.1) is 5.48 Å². The van der Waals surface area contributed by atoms with Crippen molar-refractivity contribution in [3.8, 4) is 0 Å². The number of anilines is 1. The monoisotopic (exact) mass is 383 g/mol. The molecule has 0 bridgehead atoms. The number of carbonyl (C=O) groups is 2. The van der Waals surface area contributed by atoms with Gasteiger partial charge in [-0.2, -0.15) is 0 Å². The SMILES string of the molecule is [2H]C1([2H])N(CCCCN2C(=O)CC(C)(C)C(O)C2=O)C([2H])([2H])C([2H])([2H])N(c2ncccn2)C1([2H])[2H]. The van der Waals surface area contributed by atoms with Crippen LogP contribution in [0, 0.1) is 5.41 Å². The van der Waals surface area contributed by atoms with Crippen LogP contribution in [0.4, 0.5) is 5.95 Å². The van der Waals surface area contributed by atoms with E-state index in [9.17, 15) is 14.7 Å². The Morgan fingerprint density at radius 3 is 2.44 bits per heavy atom. The molecule has 3 rings (SSSR count). The molecule has 0 radical (unpaired) electrons. The van der Waals surface area contributed by atoms with Gasteiger partial charge in [-0.05, 0) is 25.5 Å². The minimum absolute atomic E-state index is 0.0174. The van der Waals surface area contributed by atoms with Crippen molar-refractivity contribution in [3.05, 3.63) is 18.5 Å². The van der Waals surface area contributed by atoms with E-state index in [-0.39, 0.29) is 30.7 Å². The number of nitrogens with zero attached hydrogens (tertiary/aromatic N) is 5. The van der Waals surface area contributed by atoms with Crippen molar-refractivity contribution in [2.75, 3.05) is 44.0 Å². The molecule has 27 heavy (non-hydrogen) atoms. The summed E-state index contributed by atoms with van der Waals surface area (Å²) < 4.78 is 67.3. The fraction of sp³-hybridized carbons (Fsp3) is 0.684. The number of likely N-dealkylation sites (tertiary alicyclic amines) is 1. The second-order valence-corrected chi connectivity index (χ2v) is 7.14. The van der Waals surface area contributed by atoms with Gasteiger partial charge < -0.3 is 10.0 Å². The fourth-order valence-electron chi connectivity index (χ4n) is 2.86. The molecule has 148 valence electrons. The molecule has 2 amide bonds. The summed E-state index contributed by atoms with van der Waals surface area (Å²) in [6.45, 7) is -9.46. The maximum absolute atomic E-state index is 12.4. The smallest absolute Gasteiger partial charge is 0.258 e. The van der Waals surface area contributed by atoms with Crippen LogP contribution in [-0.4, -0.2) is 81.9 Å². The van der Waals surface area contributed by atoms with E-state index in [1.165, 1.54) is 18.5 Å². The van der Waals surface area contributed by atoms with Gasteiger partial charge in [0, 0.05) is 62.2 Å². The Balaban J connectivity index is 1.78. The molecule has 0 aliphatic carbocycles. The maximum Gasteiger partial charge on any atom is 0.258 e. The van der Waals surface area contributed by atoms with Crippen LogP contribution in [0.25, 0.3) is 0 Å². The highest BCUT2D eigenvalue weighted by Crippen LogP contribution is 2.32. The van der Waals surface area contributed by atoms with Gasteiger partial charge in [0.25, 0.3) is 5.91 Å². The van der Waals surface area contributed by atoms with Crippen LogP contribution >= 0.6 is 0 Å². The molecule has 3 heterocycles. The molecule has 0 saturated carbocycles. The molecule has 2 aliphatic heterocycles. The molecule has 1 atom stereocenters. The zero-order valence-electron chi connectivity index (χ0n) is 23.3. The highest BCUT2D eigenvalue weighted by atomic mass is 16.3. The summed E-state index contributed by atoms with van der Waals surface area (Å²) in [7, 11) is 0. The Hall–Kier alpha value is -2.06. The molecule has 1 unspecified atom stereocenters. The summed E-state index contributed by atoms with van der Waals surface area (Å²) >= 11 is 0. The number of piperazine rings is 1. The number of imide groups is 1. The molecule has 1 aromatic heterocycles. The molecule has 2 fully saturated rings. The van der Waals surface area contributed by atoms with Crippen LogP contribution < -0.4 is 4.90 Å². The Morgan fingerprint density at radius 2 is 1.78 bits per heavy atom. The summed E-state index contributed by atoms with van der Waals surface area (Å²) in [6, 6.07) is 1.41. The second-order valence-electron chi connectivity index (χ2n) is 7.14. The van der Waals surface area contributed by atoms with E-state index >= 15 is 0 Å². The third-order valence-corrected chi connectivity index (χ3v) is 4.51. The normalized spacial score (nSPS) is 35.6. The first kappa shape index (κ1) is 11.7. The maximum atomic E-state index is 12.4. The second kappa shape index (κ2) is 8.31. The first-order valence-electron chi connectivity index (χ1n) is 12.8. The number of piperidine rings is 1. The molecule has 8 nitrogen and oxygen atoms in total. The minimum atomic E-state index is -3.07. The van der Waals surface area contributed by atoms with Gasteiger partial charge in [0.1, 0.15) is 6.10 Å². The molecule has 0 aromatic carbocycles. The lowest BCUT2D eigenvalue weighted by atomic mass is 9.79. The van der Waals surface area contributed by atoms with Gasteiger partial charge in [-0.25, -0.2) is 9.97 Å². The van der Waals surface area contributed by atoms with E-state index in [2.05, 4.69) is 9.97 Å². The molecule has 1 N–H and O–H groups in total. The average molecular weight is 384 g/mol. The van der Waals surface area contributed by atoms with E-state index in [1.54, 1.807) is 13.8 Å². The van der Waals surface area contributed by atoms with Crippen molar-refractivity contribution in [1.29, 1.82) is 0 Å². The minimum Gasteiger partial charge on any atom is -0.383 e. The number of aliphatic hydroxyl groups excluding tert-OH is 1. The zero-order chi connectivity index (χ0) is 26.6. The molecular formula is C19H29N5O3. The number of hydrogen-bond donors (Lipinski definition) is 1. The third kappa shape index (κ3) is 4.62. The summed E-state index contributed by atoms with van der Waals surface area (Å²) in [5.74, 6) is -1.69. The van der Waals surface area contributed by atoms with Crippen molar-refractivity contribution in [2.24, 2.45) is 5.41 Å². The Kier molecular flexibility index (Phi) is 3.60. The van der Waals surface area contributed by atoms with Crippen molar-refractivity contribution >= 4 is 17.8 Å². The predicted molar refractivity (Wildman–Crippen MR) is 101 cm³/mol. The van der Waals surface area contributed by atoms with Gasteiger partial charge in [0.2, 0.25) is 11.9 Å². The molecule has 1 aromatic rings. The first-order valence-corrected chi connectivity index (χ1v) is 8.78. The number of hydrogen-bond acceptors (Lipinski definition) is 7. The van der Waals surface area contributed by atoms with Crippen LogP contribution in [0.3, 0.4) is 0 Å². The summed E-state index contributed by atoms with van der Waals surface area (Å²) in [5.41, 5.74) is -0.893. The van der Waals surface area contributed by atoms with Gasteiger partial charge in [-0.15, -0.1) is 0 Å². The quantitative estimate of drug-likeness (QED) is 0.566. The van der Waals surface area contributed by atoms with E-state index in [4.69, 9.17) is 11.0 Å². The van der Waals surface area contributed by atoms with E-state index < -0.39 is 61.8 Å². The highest BCUT2D eigenvalue weighted by Gasteiger charge is 2.45. The molecule has 2 aliphatic rings. The van der Waals surface area contributed by atoms with Crippen molar-refractivity contribution in [2.45, 2.75) is 39.2 Å². The van der Waals surface area contributed by atoms with Gasteiger partial charge in [-0.3, -0.25) is 19.4 Å². The summed E-state index contributed by atoms with van der Waals surface area (Å²) in [5, 5.41) is 10.2. The number of aliphatic hydroxyl groups is 1. The van der Waals surface area contributed by atoms with Crippen LogP contribution in [-0.2, 0) is 9.59 Å². The van der Waals surface area contributed by atoms with Crippen molar-refractivity contribution < 1.29 is 25.7 Å². The van der Waals surface area contributed by atoms with Crippen LogP contribution in [0.2, 0.25) is 0 Å². The standard InChI is InChI=1S/C19H29N5O3/c1-19(2)14-15(25)24(17(27)16(19)26)9-4-3-8-22-10-12-23(13-11-22)18-20-6-5-7-21-18/h5-7,16,26H,3-4,8-14H2,1-2H3/i10D2,11D2,12D2,13D2. The van der Waals surface area contributed by atoms with Crippen LogP contribution in [0.15, 0.2) is 18.5 Å². The number of unbranched alkanes of at least 4 members (excludes halogenated alkanes) is 1. The summed E-state index contributed by atoms with van der Waals surface area (Å²) in [4.78, 5) is 34.0. The van der Waals surface area contributed by atoms with Gasteiger partial charge >= 0.3 is 0 Å². The first-order chi connectivity index (χ1) is 15.9. The predicted octanol–water partition coefficient (Wildman–Crippen LogP) is 0.525. The summed E-state index contributed by atoms with van der Waals surface area (Å²) in [6.07, 6.45) is 1.18. The Morgan fingerprint density at radius 1 is 1.15 bits per heavy atom.